The summed E-state index contributed by atoms with van der Waals surface area (Å²) in [5, 5.41) is 29.5. The van der Waals surface area contributed by atoms with Crippen molar-refractivity contribution in [2.75, 3.05) is 32.4 Å². The molecule has 0 aliphatic carbocycles. The molecule has 0 unspecified atom stereocenters. The number of anilines is 1. The second-order valence-electron chi connectivity index (χ2n) is 7.62. The second kappa shape index (κ2) is 12.9. The van der Waals surface area contributed by atoms with Crippen molar-refractivity contribution in [2.24, 2.45) is 0 Å². The van der Waals surface area contributed by atoms with E-state index in [0.717, 1.165) is 17.0 Å². The van der Waals surface area contributed by atoms with Crippen molar-refractivity contribution < 1.29 is 43.7 Å². The molecule has 1 aromatic heterocycles. The lowest BCUT2D eigenvalue weighted by Crippen LogP contribution is -2.12. The van der Waals surface area contributed by atoms with E-state index in [1.54, 1.807) is 19.4 Å². The van der Waals surface area contributed by atoms with E-state index in [1.165, 1.54) is 6.07 Å². The lowest BCUT2D eigenvalue weighted by atomic mass is 10.1. The van der Waals surface area contributed by atoms with Gasteiger partial charge in [0.05, 0.1) is 41.7 Å². The van der Waals surface area contributed by atoms with Gasteiger partial charge in [0.15, 0.2) is 11.5 Å². The number of carboxylic acid groups (broad SMARTS) is 2. The van der Waals surface area contributed by atoms with Crippen LogP contribution in [-0.2, 0) is 27.4 Å². The summed E-state index contributed by atoms with van der Waals surface area (Å²) in [6, 6.07) is 10.8. The number of fused-ring (bicyclic) bond motifs is 1. The van der Waals surface area contributed by atoms with Gasteiger partial charge in [0.25, 0.3) is 5.69 Å². The molecule has 0 fully saturated rings. The van der Waals surface area contributed by atoms with Gasteiger partial charge in [-0.25, -0.2) is 14.6 Å². The van der Waals surface area contributed by atoms with Gasteiger partial charge in [-0.1, -0.05) is 0 Å². The van der Waals surface area contributed by atoms with Crippen LogP contribution in [0.1, 0.15) is 12.5 Å². The van der Waals surface area contributed by atoms with Crippen LogP contribution in [0.25, 0.3) is 11.3 Å². The van der Waals surface area contributed by atoms with Crippen molar-refractivity contribution >= 4 is 23.6 Å². The molecule has 0 radical (unpaired) electrons. The molecule has 202 valence electrons. The maximum absolute atomic E-state index is 11.5. The maximum atomic E-state index is 11.5. The number of hydrogen-bond acceptors (Lipinski definition) is 10. The minimum Gasteiger partial charge on any atom is -0.494 e. The Morgan fingerprint density at radius 3 is 2.39 bits per heavy atom. The summed E-state index contributed by atoms with van der Waals surface area (Å²) >= 11 is 0. The normalized spacial score (nSPS) is 11.3. The van der Waals surface area contributed by atoms with Crippen LogP contribution in [-0.4, -0.2) is 63.7 Å². The number of benzene rings is 2. The van der Waals surface area contributed by atoms with E-state index < -0.39 is 16.9 Å². The number of aromatic nitrogens is 2. The molecule has 2 heterocycles. The predicted octanol–water partition coefficient (Wildman–Crippen LogP) is 3.00. The first-order valence-corrected chi connectivity index (χ1v) is 11.3. The summed E-state index contributed by atoms with van der Waals surface area (Å²) in [5.41, 5.74) is 2.30. The highest BCUT2D eigenvalue weighted by Crippen LogP contribution is 2.38. The largest absolute Gasteiger partial charge is 0.494 e. The van der Waals surface area contributed by atoms with Gasteiger partial charge in [-0.2, -0.15) is 0 Å². The number of imidazole rings is 1. The first-order chi connectivity index (χ1) is 18.2. The first kappa shape index (κ1) is 27.7. The standard InChI is InChI=1S/C22H24N4O6.C2H2O4/c1-3-30-17-6-4-15(5-7-17)19-13-24-22(25(19)8-9-29-2)23-12-16-10-20-21(32-14-31-20)11-18(16)26(27)28;3-1(4)2(5)6/h4-7,10-11,13H,3,8-9,12,14H2,1-2H3,(H,23,24);(H,3,4)(H,5,6). The first-order valence-electron chi connectivity index (χ1n) is 11.3. The SMILES string of the molecule is CCOc1ccc(-c2cnc(NCc3cc4c(cc3[N+](=O)[O-])OCO4)n2CCOC)cc1.O=C(O)C(=O)O. The number of aliphatic carboxylic acids is 2. The molecule has 3 N–H and O–H groups in total. The summed E-state index contributed by atoms with van der Waals surface area (Å²) < 4.78 is 23.4. The van der Waals surface area contributed by atoms with Crippen LogP contribution < -0.4 is 19.5 Å². The summed E-state index contributed by atoms with van der Waals surface area (Å²) in [7, 11) is 1.64. The van der Waals surface area contributed by atoms with E-state index >= 15 is 0 Å². The van der Waals surface area contributed by atoms with Gasteiger partial charge < -0.3 is 39.0 Å². The molecule has 1 aliphatic rings. The van der Waals surface area contributed by atoms with E-state index in [9.17, 15) is 10.1 Å². The average molecular weight is 530 g/mol. The molecular formula is C24H26N4O10. The van der Waals surface area contributed by atoms with E-state index in [-0.39, 0.29) is 19.0 Å². The van der Waals surface area contributed by atoms with Gasteiger partial charge in [-0.3, -0.25) is 10.1 Å². The quantitative estimate of drug-likeness (QED) is 0.198. The number of hydrogen-bond donors (Lipinski definition) is 3. The van der Waals surface area contributed by atoms with Gasteiger partial charge in [0, 0.05) is 25.8 Å². The summed E-state index contributed by atoms with van der Waals surface area (Å²) in [6.07, 6.45) is 1.77. The fraction of sp³-hybridized carbons (Fsp3) is 0.292. The van der Waals surface area contributed by atoms with Gasteiger partial charge in [-0.05, 0) is 37.3 Å². The van der Waals surface area contributed by atoms with E-state index in [0.29, 0.717) is 42.8 Å². The Hall–Kier alpha value is -4.85. The van der Waals surface area contributed by atoms with E-state index in [1.807, 2.05) is 35.8 Å². The van der Waals surface area contributed by atoms with Crippen LogP contribution in [0.2, 0.25) is 0 Å². The predicted molar refractivity (Wildman–Crippen MR) is 133 cm³/mol. The second-order valence-corrected chi connectivity index (χ2v) is 7.62. The molecule has 2 aromatic carbocycles. The fourth-order valence-electron chi connectivity index (χ4n) is 3.50. The third-order valence-corrected chi connectivity index (χ3v) is 5.23. The lowest BCUT2D eigenvalue weighted by molar-refractivity contribution is -0.385. The Morgan fingerprint density at radius 1 is 1.16 bits per heavy atom. The van der Waals surface area contributed by atoms with Gasteiger partial charge >= 0.3 is 11.9 Å². The molecule has 4 rings (SSSR count). The number of nitrogens with one attached hydrogen (secondary N) is 1. The maximum Gasteiger partial charge on any atom is 0.414 e. The molecule has 1 aliphatic heterocycles. The smallest absolute Gasteiger partial charge is 0.414 e. The number of nitro benzene ring substituents is 1. The van der Waals surface area contributed by atoms with Crippen LogP contribution >= 0.6 is 0 Å². The summed E-state index contributed by atoms with van der Waals surface area (Å²) in [4.78, 5) is 33.8. The van der Waals surface area contributed by atoms with Crippen molar-refractivity contribution in [3.05, 3.63) is 58.3 Å². The van der Waals surface area contributed by atoms with Crippen molar-refractivity contribution in [3.8, 4) is 28.5 Å². The Labute approximate surface area is 216 Å². The summed E-state index contributed by atoms with van der Waals surface area (Å²) in [6.45, 7) is 3.83. The van der Waals surface area contributed by atoms with Crippen molar-refractivity contribution in [3.63, 3.8) is 0 Å². The molecule has 0 amide bonds. The van der Waals surface area contributed by atoms with Crippen molar-refractivity contribution in [2.45, 2.75) is 20.0 Å². The number of nitro groups is 1. The van der Waals surface area contributed by atoms with Gasteiger partial charge in [0.2, 0.25) is 12.7 Å². The molecule has 14 nitrogen and oxygen atoms in total. The zero-order valence-electron chi connectivity index (χ0n) is 20.6. The minimum atomic E-state index is -1.82. The Balaban J connectivity index is 0.000000599. The Bertz CT molecular complexity index is 1280. The van der Waals surface area contributed by atoms with Crippen LogP contribution in [0, 0.1) is 10.1 Å². The third-order valence-electron chi connectivity index (χ3n) is 5.23. The summed E-state index contributed by atoms with van der Waals surface area (Å²) in [5.74, 6) is -1.40. The molecular weight excluding hydrogens is 504 g/mol. The molecule has 0 atom stereocenters. The zero-order chi connectivity index (χ0) is 27.7. The average Bonchev–Trinajstić information content (AvgIpc) is 3.52. The van der Waals surface area contributed by atoms with E-state index in [4.69, 9.17) is 38.7 Å². The highest BCUT2D eigenvalue weighted by Gasteiger charge is 2.23. The van der Waals surface area contributed by atoms with Crippen LogP contribution in [0.3, 0.4) is 0 Å². The third kappa shape index (κ3) is 6.88. The zero-order valence-corrected chi connectivity index (χ0v) is 20.6. The molecule has 3 aromatic rings. The topological polar surface area (TPSA) is 185 Å². The molecule has 14 heteroatoms. The number of nitrogens with zero attached hydrogens (tertiary/aromatic N) is 3. The molecule has 0 spiro atoms. The monoisotopic (exact) mass is 530 g/mol. The highest BCUT2D eigenvalue weighted by molar-refractivity contribution is 6.27. The van der Waals surface area contributed by atoms with Crippen LogP contribution in [0.15, 0.2) is 42.6 Å². The van der Waals surface area contributed by atoms with Crippen LogP contribution in [0.5, 0.6) is 17.2 Å². The molecule has 0 bridgehead atoms. The molecule has 0 saturated heterocycles. The number of rotatable bonds is 10. The van der Waals surface area contributed by atoms with Gasteiger partial charge in [0.1, 0.15) is 5.75 Å². The molecule has 38 heavy (non-hydrogen) atoms. The lowest BCUT2D eigenvalue weighted by Gasteiger charge is -2.14. The number of ether oxygens (including phenoxy) is 4. The van der Waals surface area contributed by atoms with Gasteiger partial charge in [-0.15, -0.1) is 0 Å². The highest BCUT2D eigenvalue weighted by atomic mass is 16.7. The number of methoxy groups -OCH3 is 1. The number of carbonyl (C=O) groups is 2. The minimum absolute atomic E-state index is 0.0384. The van der Waals surface area contributed by atoms with Crippen LogP contribution in [0.4, 0.5) is 11.6 Å². The molecule has 0 saturated carbocycles. The Morgan fingerprint density at radius 2 is 1.82 bits per heavy atom. The fourth-order valence-corrected chi connectivity index (χ4v) is 3.50. The Kier molecular flexibility index (Phi) is 9.42. The van der Waals surface area contributed by atoms with Crippen molar-refractivity contribution in [1.29, 1.82) is 0 Å². The number of carboxylic acids is 2. The van der Waals surface area contributed by atoms with E-state index in [2.05, 4.69) is 10.3 Å². The van der Waals surface area contributed by atoms with Crippen molar-refractivity contribution in [1.82, 2.24) is 9.55 Å².